The van der Waals surface area contributed by atoms with Crippen molar-refractivity contribution < 1.29 is 19.4 Å². The van der Waals surface area contributed by atoms with Gasteiger partial charge < -0.3 is 19.6 Å². The Hall–Kier alpha value is -2.97. The maximum Gasteiger partial charge on any atom is 0.308 e. The molecule has 8 heteroatoms. The molecule has 0 bridgehead atoms. The molecule has 2 aliphatic heterocycles. The monoisotopic (exact) mass is 536 g/mol. The number of carboxylic acid groups (broad SMARTS) is 1. The van der Waals surface area contributed by atoms with Crippen molar-refractivity contribution in [3.05, 3.63) is 59.4 Å². The van der Waals surface area contributed by atoms with Crippen LogP contribution in [0, 0.1) is 5.92 Å². The van der Waals surface area contributed by atoms with Crippen molar-refractivity contribution in [2.24, 2.45) is 5.92 Å². The molecule has 2 aliphatic rings. The Morgan fingerprint density at radius 1 is 1.13 bits per heavy atom. The molecule has 1 saturated heterocycles. The minimum Gasteiger partial charge on any atom is -0.493 e. The third kappa shape index (κ3) is 7.57. The number of aryl methyl sites for hydroxylation is 1. The Labute approximate surface area is 233 Å². The predicted octanol–water partition coefficient (Wildman–Crippen LogP) is 3.70. The van der Waals surface area contributed by atoms with Gasteiger partial charge in [0.2, 0.25) is 5.91 Å². The second kappa shape index (κ2) is 13.9. The number of benzene rings is 1. The minimum atomic E-state index is -0.799. The smallest absolute Gasteiger partial charge is 0.308 e. The Kier molecular flexibility index (Phi) is 10.3. The minimum absolute atomic E-state index is 0.0946. The standard InChI is InChI=1S/C31H44N4O4/c1-4-5-17-34(18-8-16-33(2)3)29(36)22-35-21-26(23-10-13-28-24(20-23)14-19-39-28)30(31(37)38)27(35)12-11-25-9-6-7-15-32-25/h6-7,9-10,13,15,20,26-27,30H,4-5,8,11-12,14,16-19,21-22H2,1-3H3,(H,37,38). The lowest BCUT2D eigenvalue weighted by molar-refractivity contribution is -0.143. The topological polar surface area (TPSA) is 86.2 Å². The second-order valence-electron chi connectivity index (χ2n) is 11.2. The van der Waals surface area contributed by atoms with E-state index in [-0.39, 0.29) is 24.4 Å². The van der Waals surface area contributed by atoms with Gasteiger partial charge in [-0.2, -0.15) is 0 Å². The van der Waals surface area contributed by atoms with Crippen molar-refractivity contribution in [3.8, 4) is 5.75 Å². The zero-order valence-corrected chi connectivity index (χ0v) is 23.7. The van der Waals surface area contributed by atoms with Crippen LogP contribution in [0.15, 0.2) is 42.6 Å². The third-order valence-electron chi connectivity index (χ3n) is 8.10. The van der Waals surface area contributed by atoms with Crippen molar-refractivity contribution in [3.63, 3.8) is 0 Å². The molecule has 0 radical (unpaired) electrons. The molecule has 1 aromatic heterocycles. The number of carbonyl (C=O) groups is 2. The summed E-state index contributed by atoms with van der Waals surface area (Å²) >= 11 is 0. The Bertz CT molecular complexity index is 1090. The molecule has 3 heterocycles. The van der Waals surface area contributed by atoms with Crippen LogP contribution >= 0.6 is 0 Å². The lowest BCUT2D eigenvalue weighted by atomic mass is 9.83. The first-order valence-corrected chi connectivity index (χ1v) is 14.4. The molecule has 0 spiro atoms. The zero-order chi connectivity index (χ0) is 27.8. The number of amides is 1. The molecular formula is C31H44N4O4. The number of ether oxygens (including phenoxy) is 1. The lowest BCUT2D eigenvalue weighted by Gasteiger charge is -2.30. The van der Waals surface area contributed by atoms with Crippen LogP contribution in [0.2, 0.25) is 0 Å². The van der Waals surface area contributed by atoms with E-state index < -0.39 is 11.9 Å². The normalized spacial score (nSPS) is 20.7. The highest BCUT2D eigenvalue weighted by molar-refractivity contribution is 5.79. The summed E-state index contributed by atoms with van der Waals surface area (Å²) in [4.78, 5) is 37.2. The molecule has 8 nitrogen and oxygen atoms in total. The van der Waals surface area contributed by atoms with Gasteiger partial charge in [0.25, 0.3) is 0 Å². The Morgan fingerprint density at radius 3 is 2.67 bits per heavy atom. The summed E-state index contributed by atoms with van der Waals surface area (Å²) in [7, 11) is 4.10. The van der Waals surface area contributed by atoms with Gasteiger partial charge >= 0.3 is 5.97 Å². The molecule has 212 valence electrons. The summed E-state index contributed by atoms with van der Waals surface area (Å²) < 4.78 is 5.69. The fraction of sp³-hybridized carbons (Fsp3) is 0.581. The number of aliphatic carboxylic acids is 1. The van der Waals surface area contributed by atoms with Gasteiger partial charge in [0.1, 0.15) is 5.75 Å². The quantitative estimate of drug-likeness (QED) is 0.394. The summed E-state index contributed by atoms with van der Waals surface area (Å²) in [5.41, 5.74) is 3.11. The predicted molar refractivity (Wildman–Crippen MR) is 152 cm³/mol. The molecule has 39 heavy (non-hydrogen) atoms. The number of carbonyl (C=O) groups excluding carboxylic acids is 1. The average Bonchev–Trinajstić information content (AvgIpc) is 3.54. The van der Waals surface area contributed by atoms with Crippen LogP contribution in [-0.4, -0.2) is 96.1 Å². The van der Waals surface area contributed by atoms with Gasteiger partial charge in [-0.05, 0) is 75.6 Å². The number of aromatic nitrogens is 1. The van der Waals surface area contributed by atoms with Gasteiger partial charge in [0.05, 0.1) is 19.1 Å². The number of likely N-dealkylation sites (tertiary alicyclic amines) is 1. The van der Waals surface area contributed by atoms with Crippen molar-refractivity contribution in [2.45, 2.75) is 57.4 Å². The van der Waals surface area contributed by atoms with E-state index in [4.69, 9.17) is 4.74 Å². The van der Waals surface area contributed by atoms with Gasteiger partial charge in [0, 0.05) is 49.9 Å². The molecular weight excluding hydrogens is 492 g/mol. The maximum atomic E-state index is 13.7. The highest BCUT2D eigenvalue weighted by atomic mass is 16.5. The lowest BCUT2D eigenvalue weighted by Crippen LogP contribution is -2.45. The molecule has 3 atom stereocenters. The van der Waals surface area contributed by atoms with E-state index in [0.717, 1.165) is 67.9 Å². The average molecular weight is 537 g/mol. The molecule has 1 fully saturated rings. The van der Waals surface area contributed by atoms with Crippen LogP contribution < -0.4 is 4.74 Å². The summed E-state index contributed by atoms with van der Waals surface area (Å²) in [5, 5.41) is 10.5. The van der Waals surface area contributed by atoms with Crippen molar-refractivity contribution in [2.75, 3.05) is 53.4 Å². The van der Waals surface area contributed by atoms with E-state index in [1.165, 1.54) is 0 Å². The zero-order valence-electron chi connectivity index (χ0n) is 23.7. The van der Waals surface area contributed by atoms with Gasteiger partial charge in [0.15, 0.2) is 0 Å². The van der Waals surface area contributed by atoms with E-state index >= 15 is 0 Å². The Morgan fingerprint density at radius 2 is 1.95 bits per heavy atom. The molecule has 2 aromatic rings. The van der Waals surface area contributed by atoms with E-state index in [2.05, 4.69) is 27.8 Å². The highest BCUT2D eigenvalue weighted by Gasteiger charge is 2.47. The van der Waals surface area contributed by atoms with E-state index in [1.807, 2.05) is 49.3 Å². The van der Waals surface area contributed by atoms with Crippen LogP contribution in [0.3, 0.4) is 0 Å². The summed E-state index contributed by atoms with van der Waals surface area (Å²) in [6.45, 7) is 5.99. The molecule has 4 rings (SSSR count). The van der Waals surface area contributed by atoms with Crippen molar-refractivity contribution >= 4 is 11.9 Å². The van der Waals surface area contributed by atoms with Crippen LogP contribution in [0.25, 0.3) is 0 Å². The van der Waals surface area contributed by atoms with Gasteiger partial charge in [-0.3, -0.25) is 19.5 Å². The molecule has 1 N–H and O–H groups in total. The second-order valence-corrected chi connectivity index (χ2v) is 11.2. The van der Waals surface area contributed by atoms with Gasteiger partial charge in [-0.1, -0.05) is 31.5 Å². The van der Waals surface area contributed by atoms with Crippen LogP contribution in [-0.2, 0) is 22.4 Å². The number of unbranched alkanes of at least 4 members (excludes halogenated alkanes) is 1. The number of pyridine rings is 1. The number of hydrogen-bond donors (Lipinski definition) is 1. The molecule has 0 aliphatic carbocycles. The highest BCUT2D eigenvalue weighted by Crippen LogP contribution is 2.41. The molecule has 1 aromatic carbocycles. The van der Waals surface area contributed by atoms with Gasteiger partial charge in [-0.15, -0.1) is 0 Å². The summed E-state index contributed by atoms with van der Waals surface area (Å²) in [5.74, 6) is -0.595. The summed E-state index contributed by atoms with van der Waals surface area (Å²) in [6, 6.07) is 11.7. The largest absolute Gasteiger partial charge is 0.493 e. The number of carboxylic acids is 1. The Balaban J connectivity index is 1.56. The number of hydrogen-bond acceptors (Lipinski definition) is 6. The van der Waals surface area contributed by atoms with Crippen molar-refractivity contribution in [1.82, 2.24) is 19.7 Å². The van der Waals surface area contributed by atoms with Crippen molar-refractivity contribution in [1.29, 1.82) is 0 Å². The maximum absolute atomic E-state index is 13.7. The first-order valence-electron chi connectivity index (χ1n) is 14.4. The number of nitrogens with zero attached hydrogens (tertiary/aromatic N) is 4. The van der Waals surface area contributed by atoms with Crippen LogP contribution in [0.5, 0.6) is 5.75 Å². The van der Waals surface area contributed by atoms with E-state index in [0.29, 0.717) is 26.0 Å². The number of fused-ring (bicyclic) bond motifs is 1. The van der Waals surface area contributed by atoms with Crippen LogP contribution in [0.1, 0.15) is 55.3 Å². The summed E-state index contributed by atoms with van der Waals surface area (Å²) in [6.07, 6.45) is 6.85. The molecule has 0 saturated carbocycles. The van der Waals surface area contributed by atoms with E-state index in [9.17, 15) is 14.7 Å². The molecule has 3 unspecified atom stereocenters. The fourth-order valence-electron chi connectivity index (χ4n) is 6.03. The SMILES string of the molecule is CCCCN(CCCN(C)C)C(=O)CN1CC(c2ccc3c(c2)CCO3)C(C(=O)O)C1CCc1ccccn1. The first kappa shape index (κ1) is 29.0. The van der Waals surface area contributed by atoms with Gasteiger partial charge in [-0.25, -0.2) is 0 Å². The third-order valence-corrected chi connectivity index (χ3v) is 8.10. The van der Waals surface area contributed by atoms with E-state index in [1.54, 1.807) is 6.20 Å². The van der Waals surface area contributed by atoms with Crippen LogP contribution in [0.4, 0.5) is 0 Å². The molecule has 1 amide bonds. The fourth-order valence-corrected chi connectivity index (χ4v) is 6.03. The first-order chi connectivity index (χ1) is 18.9. The number of rotatable bonds is 14.